The highest BCUT2D eigenvalue weighted by Crippen LogP contribution is 2.29. The van der Waals surface area contributed by atoms with Crippen molar-refractivity contribution in [1.29, 1.82) is 0 Å². The van der Waals surface area contributed by atoms with Gasteiger partial charge in [-0.15, -0.1) is 10.2 Å². The molecular weight excluding hydrogens is 477 g/mol. The molecule has 0 aliphatic rings. The number of benzene rings is 2. The van der Waals surface area contributed by atoms with Gasteiger partial charge in [0.25, 0.3) is 0 Å². The van der Waals surface area contributed by atoms with Gasteiger partial charge in [-0.1, -0.05) is 46.6 Å². The molecule has 31 heavy (non-hydrogen) atoms. The predicted molar refractivity (Wildman–Crippen MR) is 125 cm³/mol. The van der Waals surface area contributed by atoms with E-state index in [2.05, 4.69) is 20.5 Å². The maximum absolute atomic E-state index is 12.5. The molecular formula is C21H14Cl3N5OS. The topological polar surface area (TPSA) is 72.7 Å². The van der Waals surface area contributed by atoms with Crippen LogP contribution in [-0.2, 0) is 4.79 Å². The Kier molecular flexibility index (Phi) is 6.77. The minimum Gasteiger partial charge on any atom is -0.325 e. The zero-order valence-electron chi connectivity index (χ0n) is 15.8. The summed E-state index contributed by atoms with van der Waals surface area (Å²) >= 11 is 19.3. The number of nitrogens with zero attached hydrogens (tertiary/aromatic N) is 4. The number of nitrogens with one attached hydrogen (secondary N) is 1. The molecule has 2 aromatic carbocycles. The molecule has 0 unspecified atom stereocenters. The number of pyridine rings is 1. The number of carbonyl (C=O) groups excluding carboxylic acids is 1. The Morgan fingerprint density at radius 2 is 1.71 bits per heavy atom. The van der Waals surface area contributed by atoms with Crippen molar-refractivity contribution in [3.63, 3.8) is 0 Å². The Morgan fingerprint density at radius 1 is 0.968 bits per heavy atom. The molecule has 4 aromatic rings. The van der Waals surface area contributed by atoms with Crippen molar-refractivity contribution in [1.82, 2.24) is 19.7 Å². The lowest BCUT2D eigenvalue weighted by atomic mass is 10.2. The van der Waals surface area contributed by atoms with E-state index in [4.69, 9.17) is 34.8 Å². The third-order valence-corrected chi connectivity index (χ3v) is 5.73. The lowest BCUT2D eigenvalue weighted by Crippen LogP contribution is -2.14. The summed E-state index contributed by atoms with van der Waals surface area (Å²) in [6, 6.07) is 15.9. The predicted octanol–water partition coefficient (Wildman–Crippen LogP) is 6.02. The molecule has 0 radical (unpaired) electrons. The Bertz CT molecular complexity index is 1200. The number of anilines is 1. The number of aromatic nitrogens is 4. The van der Waals surface area contributed by atoms with Gasteiger partial charge in [-0.2, -0.15) is 0 Å². The van der Waals surface area contributed by atoms with Crippen molar-refractivity contribution in [2.75, 3.05) is 11.1 Å². The number of amides is 1. The van der Waals surface area contributed by atoms with Crippen molar-refractivity contribution in [3.8, 4) is 17.1 Å². The molecule has 2 aromatic heterocycles. The first-order chi connectivity index (χ1) is 15.0. The molecule has 0 fully saturated rings. The highest BCUT2D eigenvalue weighted by molar-refractivity contribution is 7.99. The highest BCUT2D eigenvalue weighted by atomic mass is 35.5. The molecule has 6 nitrogen and oxygen atoms in total. The Labute approximate surface area is 197 Å². The van der Waals surface area contributed by atoms with Gasteiger partial charge in [0, 0.05) is 44.4 Å². The van der Waals surface area contributed by atoms with Crippen molar-refractivity contribution >= 4 is 58.2 Å². The summed E-state index contributed by atoms with van der Waals surface area (Å²) in [5.41, 5.74) is 2.14. The van der Waals surface area contributed by atoms with Crippen LogP contribution in [0.5, 0.6) is 0 Å². The standard InChI is InChI=1S/C21H14Cl3N5OS/c22-14-3-5-18(6-4-14)29-20(13-2-1-7-25-11-13)27-28-21(29)31-12-19(30)26-17-9-15(23)8-16(24)10-17/h1-11H,12H2,(H,26,30). The van der Waals surface area contributed by atoms with Crippen molar-refractivity contribution in [2.45, 2.75) is 5.16 Å². The van der Waals surface area contributed by atoms with Crippen LogP contribution in [0.1, 0.15) is 0 Å². The number of hydrogen-bond acceptors (Lipinski definition) is 5. The highest BCUT2D eigenvalue weighted by Gasteiger charge is 2.17. The third kappa shape index (κ3) is 5.37. The van der Waals surface area contributed by atoms with E-state index >= 15 is 0 Å². The first-order valence-electron chi connectivity index (χ1n) is 9.00. The molecule has 0 saturated carbocycles. The Balaban J connectivity index is 1.58. The van der Waals surface area contributed by atoms with Crippen LogP contribution in [0.15, 0.2) is 72.1 Å². The summed E-state index contributed by atoms with van der Waals surface area (Å²) in [6.07, 6.45) is 3.40. The zero-order chi connectivity index (χ0) is 21.8. The fourth-order valence-electron chi connectivity index (χ4n) is 2.82. The minimum absolute atomic E-state index is 0.114. The lowest BCUT2D eigenvalue weighted by Gasteiger charge is -2.11. The van der Waals surface area contributed by atoms with E-state index in [0.717, 1.165) is 11.3 Å². The van der Waals surface area contributed by atoms with Crippen LogP contribution < -0.4 is 5.32 Å². The fraction of sp³-hybridized carbons (Fsp3) is 0.0476. The van der Waals surface area contributed by atoms with Crippen molar-refractivity contribution in [3.05, 3.63) is 82.1 Å². The average Bonchev–Trinajstić information content (AvgIpc) is 3.17. The van der Waals surface area contributed by atoms with Gasteiger partial charge in [0.15, 0.2) is 11.0 Å². The van der Waals surface area contributed by atoms with Crippen LogP contribution in [0.3, 0.4) is 0 Å². The molecule has 1 amide bonds. The quantitative estimate of drug-likeness (QED) is 0.335. The molecule has 4 rings (SSSR count). The van der Waals surface area contributed by atoms with Gasteiger partial charge in [0.1, 0.15) is 0 Å². The second-order valence-electron chi connectivity index (χ2n) is 6.35. The van der Waals surface area contributed by atoms with Gasteiger partial charge in [-0.05, 0) is 54.6 Å². The summed E-state index contributed by atoms with van der Waals surface area (Å²) in [4.78, 5) is 16.6. The van der Waals surface area contributed by atoms with Crippen LogP contribution in [0, 0.1) is 0 Å². The number of halogens is 3. The summed E-state index contributed by atoms with van der Waals surface area (Å²) in [6.45, 7) is 0. The smallest absolute Gasteiger partial charge is 0.234 e. The Morgan fingerprint density at radius 3 is 2.39 bits per heavy atom. The first kappa shape index (κ1) is 21.6. The SMILES string of the molecule is O=C(CSc1nnc(-c2cccnc2)n1-c1ccc(Cl)cc1)Nc1cc(Cl)cc(Cl)c1. The Hall–Kier alpha value is -2.58. The lowest BCUT2D eigenvalue weighted by molar-refractivity contribution is -0.113. The van der Waals surface area contributed by atoms with E-state index in [1.165, 1.54) is 11.8 Å². The van der Waals surface area contributed by atoms with E-state index in [1.54, 1.807) is 42.7 Å². The number of thioether (sulfide) groups is 1. The largest absolute Gasteiger partial charge is 0.325 e. The molecule has 10 heteroatoms. The summed E-state index contributed by atoms with van der Waals surface area (Å²) in [5, 5.41) is 13.5. The van der Waals surface area contributed by atoms with Crippen LogP contribution in [0.2, 0.25) is 15.1 Å². The zero-order valence-corrected chi connectivity index (χ0v) is 18.9. The fourth-order valence-corrected chi connectivity index (χ4v) is 4.23. The molecule has 0 atom stereocenters. The van der Waals surface area contributed by atoms with E-state index in [9.17, 15) is 4.79 Å². The molecule has 156 valence electrons. The molecule has 0 spiro atoms. The molecule has 0 bridgehead atoms. The van der Waals surface area contributed by atoms with E-state index in [1.807, 2.05) is 28.8 Å². The third-order valence-electron chi connectivity index (χ3n) is 4.12. The second kappa shape index (κ2) is 9.70. The number of rotatable bonds is 6. The maximum Gasteiger partial charge on any atom is 0.234 e. The summed E-state index contributed by atoms with van der Waals surface area (Å²) in [7, 11) is 0. The average molecular weight is 491 g/mol. The molecule has 0 aliphatic carbocycles. The van der Waals surface area contributed by atoms with E-state index in [0.29, 0.717) is 31.7 Å². The van der Waals surface area contributed by atoms with E-state index < -0.39 is 0 Å². The van der Waals surface area contributed by atoms with E-state index in [-0.39, 0.29) is 11.7 Å². The summed E-state index contributed by atoms with van der Waals surface area (Å²) in [5.74, 6) is 0.500. The van der Waals surface area contributed by atoms with Crippen LogP contribution >= 0.6 is 46.6 Å². The van der Waals surface area contributed by atoms with Gasteiger partial charge in [-0.3, -0.25) is 14.3 Å². The molecule has 0 aliphatic heterocycles. The molecule has 0 saturated heterocycles. The monoisotopic (exact) mass is 489 g/mol. The second-order valence-corrected chi connectivity index (χ2v) is 8.61. The van der Waals surface area contributed by atoms with Crippen molar-refractivity contribution < 1.29 is 4.79 Å². The first-order valence-corrected chi connectivity index (χ1v) is 11.1. The van der Waals surface area contributed by atoms with Gasteiger partial charge >= 0.3 is 0 Å². The van der Waals surface area contributed by atoms with Crippen molar-refractivity contribution in [2.24, 2.45) is 0 Å². The van der Waals surface area contributed by atoms with Gasteiger partial charge < -0.3 is 5.32 Å². The van der Waals surface area contributed by atoms with Gasteiger partial charge in [0.2, 0.25) is 5.91 Å². The molecule has 2 heterocycles. The number of carbonyl (C=O) groups is 1. The van der Waals surface area contributed by atoms with Crippen LogP contribution in [0.25, 0.3) is 17.1 Å². The van der Waals surface area contributed by atoms with Crippen LogP contribution in [0.4, 0.5) is 5.69 Å². The number of hydrogen-bond donors (Lipinski definition) is 1. The summed E-state index contributed by atoms with van der Waals surface area (Å²) < 4.78 is 1.86. The normalized spacial score (nSPS) is 10.8. The van der Waals surface area contributed by atoms with Crippen LogP contribution in [-0.4, -0.2) is 31.4 Å². The van der Waals surface area contributed by atoms with Gasteiger partial charge in [-0.25, -0.2) is 0 Å². The minimum atomic E-state index is -0.225. The van der Waals surface area contributed by atoms with Gasteiger partial charge in [0.05, 0.1) is 5.75 Å². The maximum atomic E-state index is 12.5. The molecule has 1 N–H and O–H groups in total.